The molecule has 0 atom stereocenters. The summed E-state index contributed by atoms with van der Waals surface area (Å²) in [6.45, 7) is 0. The van der Waals surface area contributed by atoms with Gasteiger partial charge in [0, 0.05) is 16.8 Å². The molecule has 1 aromatic rings. The highest BCUT2D eigenvalue weighted by Crippen LogP contribution is 2.16. The van der Waals surface area contributed by atoms with Crippen LogP contribution in [0.1, 0.15) is 5.56 Å². The Morgan fingerprint density at radius 3 is 2.69 bits per heavy atom. The molecule has 0 aliphatic heterocycles. The van der Waals surface area contributed by atoms with E-state index in [4.69, 9.17) is 10.7 Å². The van der Waals surface area contributed by atoms with E-state index < -0.39 is 15.0 Å². The molecule has 86 valence electrons. The molecule has 4 nitrogen and oxygen atoms in total. The lowest BCUT2D eigenvalue weighted by Crippen LogP contribution is -1.94. The average molecular weight is 261 g/mol. The number of hydrogen-bond donors (Lipinski definition) is 0. The zero-order valence-corrected chi connectivity index (χ0v) is 9.96. The highest BCUT2D eigenvalue weighted by atomic mass is 35.7. The lowest BCUT2D eigenvalue weighted by Gasteiger charge is -1.97. The van der Waals surface area contributed by atoms with Crippen molar-refractivity contribution >= 4 is 31.8 Å². The van der Waals surface area contributed by atoms with Gasteiger partial charge < -0.3 is 4.74 Å². The molecule has 0 radical (unpaired) electrons. The minimum atomic E-state index is -3.75. The molecule has 0 aliphatic rings. The maximum Gasteiger partial charge on any atom is 0.330 e. The Kier molecular flexibility index (Phi) is 4.09. The van der Waals surface area contributed by atoms with E-state index in [2.05, 4.69) is 4.74 Å². The van der Waals surface area contributed by atoms with Crippen molar-refractivity contribution in [3.05, 3.63) is 35.9 Å². The largest absolute Gasteiger partial charge is 0.466 e. The van der Waals surface area contributed by atoms with Crippen molar-refractivity contribution in [3.8, 4) is 0 Å². The maximum atomic E-state index is 11.0. The molecular formula is C10H9ClO4S. The lowest BCUT2D eigenvalue weighted by molar-refractivity contribution is -0.134. The quantitative estimate of drug-likeness (QED) is 0.472. The first kappa shape index (κ1) is 12.7. The van der Waals surface area contributed by atoms with Crippen LogP contribution in [0.4, 0.5) is 0 Å². The Morgan fingerprint density at radius 1 is 1.44 bits per heavy atom. The fourth-order valence-electron chi connectivity index (χ4n) is 1.00. The highest BCUT2D eigenvalue weighted by Gasteiger charge is 2.08. The fraction of sp³-hybridized carbons (Fsp3) is 0.100. The average Bonchev–Trinajstić information content (AvgIpc) is 2.25. The third kappa shape index (κ3) is 3.67. The summed E-state index contributed by atoms with van der Waals surface area (Å²) in [5.74, 6) is -0.515. The van der Waals surface area contributed by atoms with E-state index in [-0.39, 0.29) is 4.90 Å². The number of rotatable bonds is 3. The summed E-state index contributed by atoms with van der Waals surface area (Å²) < 4.78 is 26.5. The van der Waals surface area contributed by atoms with Crippen LogP contribution in [0, 0.1) is 0 Å². The van der Waals surface area contributed by atoms with Gasteiger partial charge in [0.2, 0.25) is 0 Å². The second-order valence-electron chi connectivity index (χ2n) is 2.87. The van der Waals surface area contributed by atoms with Crippen molar-refractivity contribution in [2.75, 3.05) is 7.11 Å². The Bertz CT molecular complexity index is 519. The molecule has 6 heteroatoms. The van der Waals surface area contributed by atoms with Gasteiger partial charge in [0.15, 0.2) is 0 Å². The minimum absolute atomic E-state index is 0.0128. The molecule has 0 bridgehead atoms. The van der Waals surface area contributed by atoms with Crippen molar-refractivity contribution in [2.24, 2.45) is 0 Å². The standard InChI is InChI=1S/C10H9ClO4S/c1-15-10(12)6-5-8-3-2-4-9(7-8)16(11,13)14/h2-7H,1H3/b6-5-. The van der Waals surface area contributed by atoms with Gasteiger partial charge >= 0.3 is 5.97 Å². The molecule has 0 saturated carbocycles. The smallest absolute Gasteiger partial charge is 0.330 e. The van der Waals surface area contributed by atoms with Crippen LogP contribution in [-0.2, 0) is 18.6 Å². The normalized spacial score (nSPS) is 11.6. The second kappa shape index (κ2) is 5.14. The molecule has 0 N–H and O–H groups in total. The van der Waals surface area contributed by atoms with Crippen LogP contribution in [0.3, 0.4) is 0 Å². The summed E-state index contributed by atoms with van der Waals surface area (Å²) in [5, 5.41) is 0. The van der Waals surface area contributed by atoms with Crippen LogP contribution < -0.4 is 0 Å². The third-order valence-corrected chi connectivity index (χ3v) is 3.10. The zero-order chi connectivity index (χ0) is 12.2. The predicted molar refractivity (Wildman–Crippen MR) is 60.5 cm³/mol. The molecule has 1 aromatic carbocycles. The zero-order valence-electron chi connectivity index (χ0n) is 8.38. The SMILES string of the molecule is COC(=O)/C=C\c1cccc(S(=O)(=O)Cl)c1. The van der Waals surface area contributed by atoms with Gasteiger partial charge in [0.1, 0.15) is 0 Å². The molecule has 0 amide bonds. The molecular weight excluding hydrogens is 252 g/mol. The predicted octanol–water partition coefficient (Wildman–Crippen LogP) is 1.80. The lowest BCUT2D eigenvalue weighted by atomic mass is 10.2. The summed E-state index contributed by atoms with van der Waals surface area (Å²) in [6.07, 6.45) is 2.64. The number of esters is 1. The van der Waals surface area contributed by atoms with Crippen LogP contribution in [0.2, 0.25) is 0 Å². The van der Waals surface area contributed by atoms with E-state index in [1.165, 1.54) is 37.5 Å². The van der Waals surface area contributed by atoms with Crippen molar-refractivity contribution in [2.45, 2.75) is 4.90 Å². The third-order valence-electron chi connectivity index (χ3n) is 1.75. The second-order valence-corrected chi connectivity index (χ2v) is 5.43. The molecule has 0 saturated heterocycles. The van der Waals surface area contributed by atoms with Gasteiger partial charge in [0.25, 0.3) is 9.05 Å². The molecule has 1 rings (SSSR count). The molecule has 0 heterocycles. The molecule has 16 heavy (non-hydrogen) atoms. The molecule has 0 unspecified atom stereocenters. The topological polar surface area (TPSA) is 60.4 Å². The van der Waals surface area contributed by atoms with Crippen LogP contribution in [0.25, 0.3) is 6.08 Å². The summed E-state index contributed by atoms with van der Waals surface area (Å²) in [7, 11) is 2.69. The van der Waals surface area contributed by atoms with Gasteiger partial charge in [-0.2, -0.15) is 0 Å². The number of carbonyl (C=O) groups excluding carboxylic acids is 1. The maximum absolute atomic E-state index is 11.0. The molecule has 0 fully saturated rings. The van der Waals surface area contributed by atoms with Crippen molar-refractivity contribution in [1.82, 2.24) is 0 Å². The molecule has 0 aromatic heterocycles. The highest BCUT2D eigenvalue weighted by molar-refractivity contribution is 8.13. The summed E-state index contributed by atoms with van der Waals surface area (Å²) >= 11 is 0. The Morgan fingerprint density at radius 2 is 2.12 bits per heavy atom. The van der Waals surface area contributed by atoms with Gasteiger partial charge in [-0.05, 0) is 23.8 Å². The van der Waals surface area contributed by atoms with Gasteiger partial charge in [0.05, 0.1) is 12.0 Å². The van der Waals surface area contributed by atoms with E-state index in [0.29, 0.717) is 5.56 Å². The van der Waals surface area contributed by atoms with Crippen LogP contribution in [0.15, 0.2) is 35.2 Å². The fourth-order valence-corrected chi connectivity index (χ4v) is 1.81. The van der Waals surface area contributed by atoms with E-state index in [1.54, 1.807) is 6.07 Å². The van der Waals surface area contributed by atoms with Gasteiger partial charge in [-0.3, -0.25) is 0 Å². The number of benzene rings is 1. The first-order valence-electron chi connectivity index (χ1n) is 4.24. The number of methoxy groups -OCH3 is 1. The Labute approximate surface area is 97.9 Å². The van der Waals surface area contributed by atoms with Gasteiger partial charge in [-0.1, -0.05) is 12.1 Å². The van der Waals surface area contributed by atoms with E-state index in [1.807, 2.05) is 0 Å². The van der Waals surface area contributed by atoms with E-state index >= 15 is 0 Å². The van der Waals surface area contributed by atoms with Gasteiger partial charge in [-0.15, -0.1) is 0 Å². The van der Waals surface area contributed by atoms with E-state index in [0.717, 1.165) is 0 Å². The summed E-state index contributed by atoms with van der Waals surface area (Å²) in [6, 6.07) is 5.91. The van der Waals surface area contributed by atoms with Crippen LogP contribution in [-0.4, -0.2) is 21.5 Å². The van der Waals surface area contributed by atoms with Crippen molar-refractivity contribution < 1.29 is 17.9 Å². The van der Waals surface area contributed by atoms with Crippen molar-refractivity contribution in [1.29, 1.82) is 0 Å². The first-order chi connectivity index (χ1) is 7.43. The summed E-state index contributed by atoms with van der Waals surface area (Å²) in [5.41, 5.74) is 0.548. The Balaban J connectivity index is 3.01. The first-order valence-corrected chi connectivity index (χ1v) is 6.55. The number of carbonyl (C=O) groups is 1. The number of hydrogen-bond acceptors (Lipinski definition) is 4. The monoisotopic (exact) mass is 260 g/mol. The number of halogens is 1. The van der Waals surface area contributed by atoms with Crippen molar-refractivity contribution in [3.63, 3.8) is 0 Å². The summed E-state index contributed by atoms with van der Waals surface area (Å²) in [4.78, 5) is 10.8. The Hall–Kier alpha value is -1.33. The van der Waals surface area contributed by atoms with Gasteiger partial charge in [-0.25, -0.2) is 13.2 Å². The van der Waals surface area contributed by atoms with Crippen LogP contribution >= 0.6 is 10.7 Å². The molecule has 0 aliphatic carbocycles. The number of ether oxygens (including phenoxy) is 1. The minimum Gasteiger partial charge on any atom is -0.466 e. The van der Waals surface area contributed by atoms with E-state index in [9.17, 15) is 13.2 Å². The molecule has 0 spiro atoms. The van der Waals surface area contributed by atoms with Crippen LogP contribution in [0.5, 0.6) is 0 Å².